The minimum Gasteiger partial charge on any atom is -0.419 e. The lowest BCUT2D eigenvalue weighted by atomic mass is 9.99. The SMILES string of the molecule is CS(=O)(=O)NCCN(Cc1nnc(-c2cc3c(s2)CCCC3)o1)C1CC1. The topological polar surface area (TPSA) is 88.3 Å². The van der Waals surface area contributed by atoms with Crippen LogP contribution in [0.2, 0.25) is 0 Å². The molecule has 7 nitrogen and oxygen atoms in total. The fourth-order valence-electron chi connectivity index (χ4n) is 3.39. The average molecular weight is 397 g/mol. The second kappa shape index (κ2) is 7.38. The Hall–Kier alpha value is -1.29. The summed E-state index contributed by atoms with van der Waals surface area (Å²) in [5.41, 5.74) is 1.43. The number of thiophene rings is 1. The van der Waals surface area contributed by atoms with Crippen LogP contribution in [0.5, 0.6) is 0 Å². The van der Waals surface area contributed by atoms with Gasteiger partial charge in [0.05, 0.1) is 17.7 Å². The van der Waals surface area contributed by atoms with Crippen molar-refractivity contribution in [2.75, 3.05) is 19.3 Å². The van der Waals surface area contributed by atoms with E-state index in [4.69, 9.17) is 4.42 Å². The fourth-order valence-corrected chi connectivity index (χ4v) is 5.03. The maximum Gasteiger partial charge on any atom is 0.257 e. The molecule has 0 aliphatic heterocycles. The molecule has 0 amide bonds. The zero-order valence-electron chi connectivity index (χ0n) is 14.9. The molecule has 1 N–H and O–H groups in total. The Balaban J connectivity index is 1.41. The normalized spacial score (nSPS) is 17.6. The molecule has 2 aliphatic rings. The predicted octanol–water partition coefficient (Wildman–Crippen LogP) is 2.19. The second-order valence-electron chi connectivity index (χ2n) is 7.14. The summed E-state index contributed by atoms with van der Waals surface area (Å²) in [6.07, 6.45) is 8.28. The lowest BCUT2D eigenvalue weighted by Gasteiger charge is -2.19. The number of aromatic nitrogens is 2. The number of fused-ring (bicyclic) bond motifs is 1. The molecule has 2 aliphatic carbocycles. The van der Waals surface area contributed by atoms with Crippen molar-refractivity contribution in [3.05, 3.63) is 22.4 Å². The minimum atomic E-state index is -3.16. The van der Waals surface area contributed by atoms with Gasteiger partial charge in [0, 0.05) is 24.0 Å². The molecule has 2 heterocycles. The third-order valence-electron chi connectivity index (χ3n) is 4.84. The van der Waals surface area contributed by atoms with Crippen molar-refractivity contribution in [2.24, 2.45) is 0 Å². The molecule has 0 unspecified atom stereocenters. The van der Waals surface area contributed by atoms with Gasteiger partial charge in [0.2, 0.25) is 15.9 Å². The van der Waals surface area contributed by atoms with Crippen molar-refractivity contribution < 1.29 is 12.8 Å². The molecule has 1 saturated carbocycles. The summed E-state index contributed by atoms with van der Waals surface area (Å²) in [6, 6.07) is 2.69. The molecule has 2 aromatic heterocycles. The Labute approximate surface area is 157 Å². The van der Waals surface area contributed by atoms with E-state index in [2.05, 4.69) is 25.9 Å². The van der Waals surface area contributed by atoms with E-state index in [0.717, 1.165) is 30.6 Å². The highest BCUT2D eigenvalue weighted by molar-refractivity contribution is 7.88. The van der Waals surface area contributed by atoms with Crippen molar-refractivity contribution in [2.45, 2.75) is 51.1 Å². The van der Waals surface area contributed by atoms with Crippen LogP contribution in [0.25, 0.3) is 10.8 Å². The Morgan fingerprint density at radius 1 is 1.31 bits per heavy atom. The quantitative estimate of drug-likeness (QED) is 0.736. The van der Waals surface area contributed by atoms with Gasteiger partial charge in [0.1, 0.15) is 0 Å². The Bertz CT molecular complexity index is 847. The first-order valence-electron chi connectivity index (χ1n) is 9.11. The maximum atomic E-state index is 11.2. The van der Waals surface area contributed by atoms with Crippen molar-refractivity contribution >= 4 is 21.4 Å². The zero-order valence-corrected chi connectivity index (χ0v) is 16.5. The van der Waals surface area contributed by atoms with Gasteiger partial charge in [0.15, 0.2) is 0 Å². The van der Waals surface area contributed by atoms with Crippen LogP contribution in [0.1, 0.15) is 42.0 Å². The van der Waals surface area contributed by atoms with Crippen LogP contribution < -0.4 is 4.72 Å². The average Bonchev–Trinajstić information content (AvgIpc) is 3.17. The number of nitrogens with one attached hydrogen (secondary N) is 1. The van der Waals surface area contributed by atoms with Crippen molar-refractivity contribution in [3.63, 3.8) is 0 Å². The van der Waals surface area contributed by atoms with E-state index in [-0.39, 0.29) is 0 Å². The predicted molar refractivity (Wildman–Crippen MR) is 101 cm³/mol. The molecular formula is C17H24N4O3S2. The highest BCUT2D eigenvalue weighted by Gasteiger charge is 2.30. The molecule has 0 spiro atoms. The van der Waals surface area contributed by atoms with Crippen LogP contribution in [0.4, 0.5) is 0 Å². The number of aryl methyl sites for hydroxylation is 2. The van der Waals surface area contributed by atoms with Crippen LogP contribution in [0.15, 0.2) is 10.5 Å². The van der Waals surface area contributed by atoms with E-state index < -0.39 is 10.0 Å². The first kappa shape index (κ1) is 18.1. The molecular weight excluding hydrogens is 372 g/mol. The molecule has 142 valence electrons. The van der Waals surface area contributed by atoms with Crippen LogP contribution in [0.3, 0.4) is 0 Å². The molecule has 26 heavy (non-hydrogen) atoms. The molecule has 2 aromatic rings. The second-order valence-corrected chi connectivity index (χ2v) is 10.1. The molecule has 0 saturated heterocycles. The van der Waals surface area contributed by atoms with Gasteiger partial charge >= 0.3 is 0 Å². The van der Waals surface area contributed by atoms with Gasteiger partial charge < -0.3 is 4.42 Å². The third-order valence-corrected chi connectivity index (χ3v) is 6.79. The van der Waals surface area contributed by atoms with E-state index in [1.165, 1.54) is 29.5 Å². The fraction of sp³-hybridized carbons (Fsp3) is 0.647. The first-order chi connectivity index (χ1) is 12.5. The van der Waals surface area contributed by atoms with Crippen LogP contribution >= 0.6 is 11.3 Å². The van der Waals surface area contributed by atoms with Gasteiger partial charge in [-0.2, -0.15) is 0 Å². The molecule has 0 aromatic carbocycles. The van der Waals surface area contributed by atoms with Gasteiger partial charge in [-0.3, -0.25) is 4.90 Å². The molecule has 1 fully saturated rings. The van der Waals surface area contributed by atoms with Crippen LogP contribution in [-0.4, -0.2) is 48.9 Å². The number of hydrogen-bond donors (Lipinski definition) is 1. The van der Waals surface area contributed by atoms with E-state index >= 15 is 0 Å². The van der Waals surface area contributed by atoms with Gasteiger partial charge in [-0.1, -0.05) is 0 Å². The van der Waals surface area contributed by atoms with Crippen LogP contribution in [0, 0.1) is 0 Å². The summed E-state index contributed by atoms with van der Waals surface area (Å²) in [7, 11) is -3.16. The molecule has 0 bridgehead atoms. The summed E-state index contributed by atoms with van der Waals surface area (Å²) < 4.78 is 30.9. The molecule has 9 heteroatoms. The summed E-state index contributed by atoms with van der Waals surface area (Å²) >= 11 is 1.77. The number of nitrogens with zero attached hydrogens (tertiary/aromatic N) is 3. The number of hydrogen-bond acceptors (Lipinski definition) is 7. The Kier molecular flexibility index (Phi) is 5.13. The largest absolute Gasteiger partial charge is 0.419 e. The standard InChI is InChI=1S/C17H24N4O3S2/c1-26(22,23)18-8-9-21(13-6-7-13)11-16-19-20-17(24-16)15-10-12-4-2-3-5-14(12)25-15/h10,13,18H,2-9,11H2,1H3. The smallest absolute Gasteiger partial charge is 0.257 e. The van der Waals surface area contributed by atoms with E-state index in [0.29, 0.717) is 37.5 Å². The van der Waals surface area contributed by atoms with Gasteiger partial charge in [0.25, 0.3) is 5.89 Å². The van der Waals surface area contributed by atoms with E-state index in [1.54, 1.807) is 11.3 Å². The third kappa shape index (κ3) is 4.51. The van der Waals surface area contributed by atoms with Crippen molar-refractivity contribution in [3.8, 4) is 10.8 Å². The Morgan fingerprint density at radius 2 is 2.12 bits per heavy atom. The van der Waals surface area contributed by atoms with Gasteiger partial charge in [-0.15, -0.1) is 21.5 Å². The van der Waals surface area contributed by atoms with Crippen molar-refractivity contribution in [1.82, 2.24) is 19.8 Å². The lowest BCUT2D eigenvalue weighted by Crippen LogP contribution is -2.35. The Morgan fingerprint density at radius 3 is 2.85 bits per heavy atom. The van der Waals surface area contributed by atoms with E-state index in [9.17, 15) is 8.42 Å². The molecule has 0 radical (unpaired) electrons. The number of rotatable bonds is 8. The van der Waals surface area contributed by atoms with Gasteiger partial charge in [-0.25, -0.2) is 13.1 Å². The molecule has 4 rings (SSSR count). The summed E-state index contributed by atoms with van der Waals surface area (Å²) in [4.78, 5) is 4.74. The monoisotopic (exact) mass is 396 g/mol. The lowest BCUT2D eigenvalue weighted by molar-refractivity contribution is 0.234. The van der Waals surface area contributed by atoms with Gasteiger partial charge in [-0.05, 0) is 50.2 Å². The summed E-state index contributed by atoms with van der Waals surface area (Å²) in [5.74, 6) is 1.20. The van der Waals surface area contributed by atoms with Crippen molar-refractivity contribution in [1.29, 1.82) is 0 Å². The summed E-state index contributed by atoms with van der Waals surface area (Å²) in [6.45, 7) is 1.60. The number of sulfonamides is 1. The van der Waals surface area contributed by atoms with Crippen LogP contribution in [-0.2, 0) is 29.4 Å². The highest BCUT2D eigenvalue weighted by atomic mass is 32.2. The van der Waals surface area contributed by atoms with E-state index in [1.807, 2.05) is 0 Å². The highest BCUT2D eigenvalue weighted by Crippen LogP contribution is 2.35. The minimum absolute atomic E-state index is 0.397. The summed E-state index contributed by atoms with van der Waals surface area (Å²) in [5, 5.41) is 8.45. The first-order valence-corrected chi connectivity index (χ1v) is 11.8. The zero-order chi connectivity index (χ0) is 18.1. The molecule has 0 atom stereocenters. The maximum absolute atomic E-state index is 11.2.